The van der Waals surface area contributed by atoms with Gasteiger partial charge in [0.1, 0.15) is 16.5 Å². The molecule has 0 heterocycles. The predicted molar refractivity (Wildman–Crippen MR) is 57.9 cm³/mol. The van der Waals surface area contributed by atoms with Gasteiger partial charge < -0.3 is 5.11 Å². The van der Waals surface area contributed by atoms with E-state index in [-0.39, 0.29) is 0 Å². The summed E-state index contributed by atoms with van der Waals surface area (Å²) in [6.45, 7) is 1.08. The van der Waals surface area contributed by atoms with Crippen LogP contribution in [0.25, 0.3) is 0 Å². The Hall–Kier alpha value is -1.05. The van der Waals surface area contributed by atoms with E-state index in [2.05, 4.69) is 0 Å². The molecule has 1 N–H and O–H groups in total. The number of sulfonamides is 1. The van der Waals surface area contributed by atoms with Gasteiger partial charge in [0.05, 0.1) is 6.61 Å². The third kappa shape index (κ3) is 2.80. The summed E-state index contributed by atoms with van der Waals surface area (Å²) in [5.74, 6) is -2.00. The molecule has 0 aromatic heterocycles. The van der Waals surface area contributed by atoms with Crippen molar-refractivity contribution in [3.63, 3.8) is 0 Å². The lowest BCUT2D eigenvalue weighted by atomic mass is 10.3. The van der Waals surface area contributed by atoms with Crippen LogP contribution in [0.3, 0.4) is 0 Å². The van der Waals surface area contributed by atoms with Crippen LogP contribution in [0.5, 0.6) is 0 Å². The Morgan fingerprint density at radius 3 is 2.47 bits per heavy atom. The number of likely N-dealkylation sites (N-methyl/N-ethyl adjacent to an activating group) is 1. The van der Waals surface area contributed by atoms with E-state index < -0.39 is 39.2 Å². The molecule has 1 rings (SSSR count). The molecule has 0 saturated carbocycles. The Morgan fingerprint density at radius 2 is 2.00 bits per heavy atom. The van der Waals surface area contributed by atoms with E-state index in [1.165, 1.54) is 14.0 Å². The summed E-state index contributed by atoms with van der Waals surface area (Å²) in [6, 6.07) is 1.54. The fourth-order valence-corrected chi connectivity index (χ4v) is 2.59. The number of halogens is 2. The van der Waals surface area contributed by atoms with Gasteiger partial charge in [-0.25, -0.2) is 17.2 Å². The first-order valence-corrected chi connectivity index (χ1v) is 6.28. The maximum Gasteiger partial charge on any atom is 0.246 e. The SMILES string of the molecule is CC(CO)N(C)S(=O)(=O)c1ccc(F)cc1F. The second kappa shape index (κ2) is 5.07. The van der Waals surface area contributed by atoms with Gasteiger partial charge in [-0.15, -0.1) is 0 Å². The Morgan fingerprint density at radius 1 is 1.41 bits per heavy atom. The first-order chi connectivity index (χ1) is 7.80. The third-order valence-electron chi connectivity index (χ3n) is 2.44. The number of nitrogens with zero attached hydrogens (tertiary/aromatic N) is 1. The molecule has 0 aliphatic rings. The zero-order valence-corrected chi connectivity index (χ0v) is 10.2. The van der Waals surface area contributed by atoms with Gasteiger partial charge in [-0.2, -0.15) is 4.31 Å². The highest BCUT2D eigenvalue weighted by molar-refractivity contribution is 7.89. The Kier molecular flexibility index (Phi) is 4.18. The summed E-state index contributed by atoms with van der Waals surface area (Å²) in [5, 5.41) is 8.87. The van der Waals surface area contributed by atoms with Gasteiger partial charge >= 0.3 is 0 Å². The number of aliphatic hydroxyl groups is 1. The zero-order chi connectivity index (χ0) is 13.2. The van der Waals surface area contributed by atoms with Gasteiger partial charge in [0, 0.05) is 19.2 Å². The van der Waals surface area contributed by atoms with Crippen molar-refractivity contribution in [1.82, 2.24) is 4.31 Å². The van der Waals surface area contributed by atoms with Crippen LogP contribution in [0.1, 0.15) is 6.92 Å². The van der Waals surface area contributed by atoms with Gasteiger partial charge in [-0.1, -0.05) is 0 Å². The summed E-state index contributed by atoms with van der Waals surface area (Å²) in [5.41, 5.74) is 0. The molecule has 4 nitrogen and oxygen atoms in total. The highest BCUT2D eigenvalue weighted by atomic mass is 32.2. The summed E-state index contributed by atoms with van der Waals surface area (Å²) in [6.07, 6.45) is 0. The van der Waals surface area contributed by atoms with E-state index >= 15 is 0 Å². The largest absolute Gasteiger partial charge is 0.395 e. The van der Waals surface area contributed by atoms with Crippen molar-refractivity contribution in [2.75, 3.05) is 13.7 Å². The molecule has 0 amide bonds. The van der Waals surface area contributed by atoms with Gasteiger partial charge in [-0.05, 0) is 19.1 Å². The topological polar surface area (TPSA) is 57.6 Å². The number of aliphatic hydroxyl groups excluding tert-OH is 1. The Bertz CT molecular complexity index is 504. The van der Waals surface area contributed by atoms with E-state index in [0.29, 0.717) is 6.07 Å². The molecule has 0 fully saturated rings. The van der Waals surface area contributed by atoms with E-state index in [0.717, 1.165) is 16.4 Å². The van der Waals surface area contributed by atoms with Crippen molar-refractivity contribution in [2.45, 2.75) is 17.9 Å². The maximum atomic E-state index is 13.4. The van der Waals surface area contributed by atoms with Gasteiger partial charge in [0.25, 0.3) is 0 Å². The number of hydrogen-bond acceptors (Lipinski definition) is 3. The van der Waals surface area contributed by atoms with Gasteiger partial charge in [0.15, 0.2) is 0 Å². The van der Waals surface area contributed by atoms with Crippen LogP contribution in [0, 0.1) is 11.6 Å². The quantitative estimate of drug-likeness (QED) is 0.882. The molecule has 1 atom stereocenters. The van der Waals surface area contributed by atoms with Crippen LogP contribution >= 0.6 is 0 Å². The molecule has 0 aliphatic carbocycles. The van der Waals surface area contributed by atoms with Crippen LogP contribution in [0.2, 0.25) is 0 Å². The summed E-state index contributed by atoms with van der Waals surface area (Å²) in [4.78, 5) is -0.610. The van der Waals surface area contributed by atoms with Crippen LogP contribution in [0.15, 0.2) is 23.1 Å². The molecule has 0 spiro atoms. The predicted octanol–water partition coefficient (Wildman–Crippen LogP) is 0.966. The van der Waals surface area contributed by atoms with Crippen LogP contribution < -0.4 is 0 Å². The minimum absolute atomic E-state index is 0.390. The average Bonchev–Trinajstić information content (AvgIpc) is 2.26. The molecular formula is C10H13F2NO3S. The molecular weight excluding hydrogens is 252 g/mol. The van der Waals surface area contributed by atoms with Crippen molar-refractivity contribution in [2.24, 2.45) is 0 Å². The lowest BCUT2D eigenvalue weighted by Gasteiger charge is -2.22. The average molecular weight is 265 g/mol. The summed E-state index contributed by atoms with van der Waals surface area (Å²) in [7, 11) is -2.84. The minimum Gasteiger partial charge on any atom is -0.395 e. The van der Waals surface area contributed by atoms with Crippen LogP contribution in [-0.2, 0) is 10.0 Å². The van der Waals surface area contributed by atoms with Crippen molar-refractivity contribution in [3.8, 4) is 0 Å². The first kappa shape index (κ1) is 14.0. The second-order valence-electron chi connectivity index (χ2n) is 3.63. The number of benzene rings is 1. The van der Waals surface area contributed by atoms with Crippen molar-refractivity contribution in [3.05, 3.63) is 29.8 Å². The molecule has 1 aromatic carbocycles. The monoisotopic (exact) mass is 265 g/mol. The molecule has 0 bridgehead atoms. The van der Waals surface area contributed by atoms with Crippen molar-refractivity contribution in [1.29, 1.82) is 0 Å². The number of rotatable bonds is 4. The summed E-state index contributed by atoms with van der Waals surface area (Å²) >= 11 is 0. The van der Waals surface area contributed by atoms with Gasteiger partial charge in [-0.3, -0.25) is 0 Å². The van der Waals surface area contributed by atoms with E-state index in [1.807, 2.05) is 0 Å². The maximum absolute atomic E-state index is 13.4. The van der Waals surface area contributed by atoms with E-state index in [9.17, 15) is 17.2 Å². The highest BCUT2D eigenvalue weighted by Gasteiger charge is 2.27. The van der Waals surface area contributed by atoms with Crippen LogP contribution in [0.4, 0.5) is 8.78 Å². The molecule has 96 valence electrons. The van der Waals surface area contributed by atoms with Crippen molar-refractivity contribution >= 4 is 10.0 Å². The zero-order valence-electron chi connectivity index (χ0n) is 9.39. The molecule has 1 unspecified atom stereocenters. The molecule has 17 heavy (non-hydrogen) atoms. The summed E-state index contributed by atoms with van der Waals surface area (Å²) < 4.78 is 50.7. The van der Waals surface area contributed by atoms with Gasteiger partial charge in [0.2, 0.25) is 10.0 Å². The minimum atomic E-state index is -4.07. The molecule has 0 radical (unpaired) electrons. The Balaban J connectivity index is 3.22. The molecule has 0 saturated heterocycles. The third-order valence-corrected chi connectivity index (χ3v) is 4.44. The highest BCUT2D eigenvalue weighted by Crippen LogP contribution is 2.20. The second-order valence-corrected chi connectivity index (χ2v) is 5.59. The lowest BCUT2D eigenvalue weighted by molar-refractivity contribution is 0.213. The smallest absolute Gasteiger partial charge is 0.246 e. The fraction of sp³-hybridized carbons (Fsp3) is 0.400. The van der Waals surface area contributed by atoms with Crippen molar-refractivity contribution < 1.29 is 22.3 Å². The first-order valence-electron chi connectivity index (χ1n) is 4.84. The molecule has 7 heteroatoms. The van der Waals surface area contributed by atoms with E-state index in [1.54, 1.807) is 0 Å². The number of hydrogen-bond donors (Lipinski definition) is 1. The normalized spacial score (nSPS) is 14.0. The Labute approximate surface area is 98.5 Å². The standard InChI is InChI=1S/C10H13F2NO3S/c1-7(6-14)13(2)17(15,16)10-4-3-8(11)5-9(10)12/h3-5,7,14H,6H2,1-2H3. The van der Waals surface area contributed by atoms with Crippen LogP contribution in [-0.4, -0.2) is 37.5 Å². The molecule has 0 aliphatic heterocycles. The van der Waals surface area contributed by atoms with E-state index in [4.69, 9.17) is 5.11 Å². The lowest BCUT2D eigenvalue weighted by Crippen LogP contribution is -2.37. The fourth-order valence-electron chi connectivity index (χ4n) is 1.19. The molecule has 1 aromatic rings.